The molecule has 1 saturated heterocycles. The lowest BCUT2D eigenvalue weighted by Crippen LogP contribution is -2.46. The second kappa shape index (κ2) is 15.8. The van der Waals surface area contributed by atoms with Crippen LogP contribution in [0.2, 0.25) is 0 Å². The van der Waals surface area contributed by atoms with Gasteiger partial charge in [-0.1, -0.05) is 26.2 Å². The zero-order chi connectivity index (χ0) is 25.5. The molecule has 9 heteroatoms. The topological polar surface area (TPSA) is 106 Å². The first kappa shape index (κ1) is 28.3. The molecule has 1 aliphatic rings. The molecule has 0 spiro atoms. The van der Waals surface area contributed by atoms with Gasteiger partial charge in [-0.05, 0) is 50.8 Å². The van der Waals surface area contributed by atoms with Gasteiger partial charge in [0.05, 0.1) is 20.3 Å². The van der Waals surface area contributed by atoms with Crippen molar-refractivity contribution in [1.82, 2.24) is 15.5 Å². The van der Waals surface area contributed by atoms with Crippen LogP contribution in [0.25, 0.3) is 0 Å². The van der Waals surface area contributed by atoms with Crippen LogP contribution < -0.4 is 20.1 Å². The number of methoxy groups -OCH3 is 1. The van der Waals surface area contributed by atoms with Gasteiger partial charge in [-0.2, -0.15) is 0 Å². The summed E-state index contributed by atoms with van der Waals surface area (Å²) in [6.07, 6.45) is 6.47. The second-order valence-electron chi connectivity index (χ2n) is 8.66. The molecular formula is C26H41N3O6. The Morgan fingerprint density at radius 1 is 1.03 bits per heavy atom. The largest absolute Gasteiger partial charge is 0.493 e. The van der Waals surface area contributed by atoms with Crippen molar-refractivity contribution in [3.63, 3.8) is 0 Å². The van der Waals surface area contributed by atoms with E-state index in [-0.39, 0.29) is 23.9 Å². The van der Waals surface area contributed by atoms with Crippen LogP contribution in [0.1, 0.15) is 75.6 Å². The molecule has 1 aromatic carbocycles. The zero-order valence-corrected chi connectivity index (χ0v) is 21.4. The van der Waals surface area contributed by atoms with E-state index in [1.807, 2.05) is 0 Å². The SMILES string of the molecule is CCCCCCOc1ccc(C(=O)NCCCC(=O)NC2CCN(C(=O)OCC)CC2)cc1OC. The number of carbonyl (C=O) groups excluding carboxylic acids is 3. The van der Waals surface area contributed by atoms with E-state index in [4.69, 9.17) is 14.2 Å². The number of hydrogen-bond donors (Lipinski definition) is 2. The molecule has 196 valence electrons. The van der Waals surface area contributed by atoms with E-state index in [0.29, 0.717) is 75.6 Å². The van der Waals surface area contributed by atoms with E-state index < -0.39 is 0 Å². The maximum atomic E-state index is 12.5. The molecule has 1 aromatic rings. The van der Waals surface area contributed by atoms with Crippen molar-refractivity contribution >= 4 is 17.9 Å². The third kappa shape index (κ3) is 10.0. The summed E-state index contributed by atoms with van der Waals surface area (Å²) in [5.74, 6) is 0.896. The fourth-order valence-electron chi connectivity index (χ4n) is 3.91. The molecule has 0 atom stereocenters. The maximum Gasteiger partial charge on any atom is 0.409 e. The van der Waals surface area contributed by atoms with E-state index in [0.717, 1.165) is 12.8 Å². The molecule has 0 aromatic heterocycles. The van der Waals surface area contributed by atoms with E-state index in [2.05, 4.69) is 17.6 Å². The number of unbranched alkanes of at least 4 members (excludes halogenated alkanes) is 3. The number of hydrogen-bond acceptors (Lipinski definition) is 6. The van der Waals surface area contributed by atoms with Gasteiger partial charge in [0.1, 0.15) is 0 Å². The second-order valence-corrected chi connectivity index (χ2v) is 8.66. The van der Waals surface area contributed by atoms with E-state index >= 15 is 0 Å². The molecule has 0 saturated carbocycles. The van der Waals surface area contributed by atoms with Crippen LogP contribution in [-0.4, -0.2) is 68.8 Å². The normalized spacial score (nSPS) is 13.7. The Kier molecular flexibility index (Phi) is 12.8. The number of ether oxygens (including phenoxy) is 3. The Labute approximate surface area is 208 Å². The summed E-state index contributed by atoms with van der Waals surface area (Å²) in [5.41, 5.74) is 0.484. The number of benzene rings is 1. The molecule has 9 nitrogen and oxygen atoms in total. The lowest BCUT2D eigenvalue weighted by molar-refractivity contribution is -0.122. The Morgan fingerprint density at radius 2 is 1.80 bits per heavy atom. The van der Waals surface area contributed by atoms with Gasteiger partial charge in [0.25, 0.3) is 5.91 Å². The molecule has 2 N–H and O–H groups in total. The summed E-state index contributed by atoms with van der Waals surface area (Å²) < 4.78 is 16.2. The predicted molar refractivity (Wildman–Crippen MR) is 134 cm³/mol. The Morgan fingerprint density at radius 3 is 2.49 bits per heavy atom. The third-order valence-corrected chi connectivity index (χ3v) is 5.93. The average Bonchev–Trinajstić information content (AvgIpc) is 2.87. The summed E-state index contributed by atoms with van der Waals surface area (Å²) in [6.45, 7) is 6.48. The van der Waals surface area contributed by atoms with Crippen molar-refractivity contribution in [3.05, 3.63) is 23.8 Å². The van der Waals surface area contributed by atoms with Crippen molar-refractivity contribution in [2.24, 2.45) is 0 Å². The van der Waals surface area contributed by atoms with Gasteiger partial charge in [0, 0.05) is 37.7 Å². The zero-order valence-electron chi connectivity index (χ0n) is 21.4. The van der Waals surface area contributed by atoms with Gasteiger partial charge in [-0.15, -0.1) is 0 Å². The smallest absolute Gasteiger partial charge is 0.409 e. The molecule has 0 aliphatic carbocycles. The minimum atomic E-state index is -0.296. The van der Waals surface area contributed by atoms with Crippen molar-refractivity contribution in [3.8, 4) is 11.5 Å². The van der Waals surface area contributed by atoms with E-state index in [9.17, 15) is 14.4 Å². The number of rotatable bonds is 14. The number of piperidine rings is 1. The van der Waals surface area contributed by atoms with Crippen LogP contribution in [0.3, 0.4) is 0 Å². The highest BCUT2D eigenvalue weighted by atomic mass is 16.6. The van der Waals surface area contributed by atoms with Gasteiger partial charge in [-0.25, -0.2) is 4.79 Å². The quantitative estimate of drug-likeness (QED) is 0.382. The average molecular weight is 492 g/mol. The van der Waals surface area contributed by atoms with Gasteiger partial charge in [-0.3, -0.25) is 9.59 Å². The van der Waals surface area contributed by atoms with Gasteiger partial charge in [0.2, 0.25) is 5.91 Å². The summed E-state index contributed by atoms with van der Waals surface area (Å²) >= 11 is 0. The number of amides is 3. The number of nitrogens with one attached hydrogen (secondary N) is 2. The Hall–Kier alpha value is -2.97. The summed E-state index contributed by atoms with van der Waals surface area (Å²) in [6, 6.07) is 5.21. The van der Waals surface area contributed by atoms with Gasteiger partial charge < -0.3 is 29.7 Å². The van der Waals surface area contributed by atoms with E-state index in [1.54, 1.807) is 37.1 Å². The van der Waals surface area contributed by atoms with Crippen molar-refractivity contribution in [2.45, 2.75) is 71.3 Å². The summed E-state index contributed by atoms with van der Waals surface area (Å²) in [7, 11) is 1.56. The van der Waals surface area contributed by atoms with Crippen LogP contribution in [-0.2, 0) is 9.53 Å². The molecule has 2 rings (SSSR count). The highest BCUT2D eigenvalue weighted by molar-refractivity contribution is 5.94. The molecule has 1 fully saturated rings. The maximum absolute atomic E-state index is 12.5. The monoisotopic (exact) mass is 491 g/mol. The number of likely N-dealkylation sites (tertiary alicyclic amines) is 1. The van der Waals surface area contributed by atoms with Gasteiger partial charge in [0.15, 0.2) is 11.5 Å². The fourth-order valence-corrected chi connectivity index (χ4v) is 3.91. The molecule has 35 heavy (non-hydrogen) atoms. The summed E-state index contributed by atoms with van der Waals surface area (Å²) in [5, 5.41) is 5.87. The Balaban J connectivity index is 1.66. The van der Waals surface area contributed by atoms with Crippen molar-refractivity contribution in [2.75, 3.05) is 40.0 Å². The predicted octanol–water partition coefficient (Wildman–Crippen LogP) is 3.90. The van der Waals surface area contributed by atoms with Crippen LogP contribution in [0.4, 0.5) is 4.79 Å². The third-order valence-electron chi connectivity index (χ3n) is 5.93. The molecule has 0 unspecified atom stereocenters. The van der Waals surface area contributed by atoms with Crippen molar-refractivity contribution < 1.29 is 28.6 Å². The number of nitrogens with zero attached hydrogens (tertiary/aromatic N) is 1. The molecule has 0 bridgehead atoms. The van der Waals surface area contributed by atoms with Gasteiger partial charge >= 0.3 is 6.09 Å². The standard InChI is InChI=1S/C26H41N3O6/c1-4-6-7-8-18-35-22-12-11-20(19-23(22)33-3)25(31)27-15-9-10-24(30)28-21-13-16-29(17-14-21)26(32)34-5-2/h11-12,19,21H,4-10,13-18H2,1-3H3,(H,27,31)(H,28,30). The molecular weight excluding hydrogens is 450 g/mol. The first-order chi connectivity index (χ1) is 17.0. The molecule has 1 heterocycles. The van der Waals surface area contributed by atoms with Crippen molar-refractivity contribution in [1.29, 1.82) is 0 Å². The number of carbonyl (C=O) groups is 3. The minimum absolute atomic E-state index is 0.0454. The van der Waals surface area contributed by atoms with Crippen LogP contribution in [0.15, 0.2) is 18.2 Å². The molecule has 3 amide bonds. The lowest BCUT2D eigenvalue weighted by Gasteiger charge is -2.31. The molecule has 0 radical (unpaired) electrons. The van der Waals surface area contributed by atoms with E-state index in [1.165, 1.54) is 12.8 Å². The highest BCUT2D eigenvalue weighted by Gasteiger charge is 2.24. The Bertz CT molecular complexity index is 808. The molecule has 1 aliphatic heterocycles. The van der Waals surface area contributed by atoms with Crippen LogP contribution in [0.5, 0.6) is 11.5 Å². The lowest BCUT2D eigenvalue weighted by atomic mass is 10.1. The first-order valence-electron chi connectivity index (χ1n) is 12.8. The van der Waals surface area contributed by atoms with Crippen LogP contribution in [0, 0.1) is 0 Å². The summed E-state index contributed by atoms with van der Waals surface area (Å²) in [4.78, 5) is 38.2. The first-order valence-corrected chi connectivity index (χ1v) is 12.8. The minimum Gasteiger partial charge on any atom is -0.493 e. The van der Waals surface area contributed by atoms with Crippen LogP contribution >= 0.6 is 0 Å². The highest BCUT2D eigenvalue weighted by Crippen LogP contribution is 2.28. The fraction of sp³-hybridized carbons (Fsp3) is 0.654.